The lowest BCUT2D eigenvalue weighted by molar-refractivity contribution is -0.144. The van der Waals surface area contributed by atoms with Crippen LogP contribution in [0.2, 0.25) is 0 Å². The average Bonchev–Trinajstić information content (AvgIpc) is 2.57. The lowest BCUT2D eigenvalue weighted by Crippen LogP contribution is -2.14. The Balaban J connectivity index is 2.21. The maximum atomic E-state index is 12.1. The first-order valence-corrected chi connectivity index (χ1v) is 7.13. The van der Waals surface area contributed by atoms with E-state index in [1.165, 1.54) is 0 Å². The summed E-state index contributed by atoms with van der Waals surface area (Å²) >= 11 is 0. The molecule has 0 fully saturated rings. The Morgan fingerprint density at radius 2 is 1.82 bits per heavy atom. The van der Waals surface area contributed by atoms with Gasteiger partial charge in [0, 0.05) is 6.21 Å². The van der Waals surface area contributed by atoms with Crippen LogP contribution in [0.5, 0.6) is 5.75 Å². The number of hydrogen-bond donors (Lipinski definition) is 0. The molecule has 0 aromatic heterocycles. The van der Waals surface area contributed by atoms with Crippen LogP contribution in [0.1, 0.15) is 24.1 Å². The van der Waals surface area contributed by atoms with Crippen molar-refractivity contribution in [1.29, 1.82) is 0 Å². The van der Waals surface area contributed by atoms with Crippen molar-refractivity contribution in [3.8, 4) is 5.75 Å². The van der Waals surface area contributed by atoms with Gasteiger partial charge in [-0.15, -0.1) is 0 Å². The second kappa shape index (κ2) is 7.98. The van der Waals surface area contributed by atoms with E-state index in [4.69, 9.17) is 9.47 Å². The molecule has 1 atom stereocenters. The molecule has 0 N–H and O–H groups in total. The number of carbonyl (C=O) groups is 1. The molecule has 2 rings (SSSR count). The molecule has 0 aliphatic heterocycles. The maximum Gasteiger partial charge on any atom is 0.335 e. The lowest BCUT2D eigenvalue weighted by Gasteiger charge is -2.11. The van der Waals surface area contributed by atoms with Crippen molar-refractivity contribution in [2.45, 2.75) is 13.0 Å². The van der Waals surface area contributed by atoms with Gasteiger partial charge in [-0.1, -0.05) is 30.3 Å². The zero-order valence-corrected chi connectivity index (χ0v) is 12.7. The Bertz CT molecular complexity index is 621. The smallest absolute Gasteiger partial charge is 0.335 e. The van der Waals surface area contributed by atoms with E-state index < -0.39 is 6.04 Å². The number of nitrogens with zero attached hydrogens (tertiary/aromatic N) is 1. The van der Waals surface area contributed by atoms with Crippen molar-refractivity contribution >= 4 is 12.2 Å². The number of esters is 1. The zero-order valence-electron chi connectivity index (χ0n) is 12.7. The molecule has 0 bridgehead atoms. The van der Waals surface area contributed by atoms with Crippen LogP contribution >= 0.6 is 0 Å². The van der Waals surface area contributed by atoms with Crippen LogP contribution in [0.3, 0.4) is 0 Å². The topological polar surface area (TPSA) is 47.9 Å². The predicted octanol–water partition coefficient (Wildman–Crippen LogP) is 3.42. The van der Waals surface area contributed by atoms with Gasteiger partial charge in [0.15, 0.2) is 6.04 Å². The molecular formula is C18H19NO3. The molecule has 0 heterocycles. The van der Waals surface area contributed by atoms with E-state index in [1.54, 1.807) is 20.2 Å². The van der Waals surface area contributed by atoms with Crippen molar-refractivity contribution in [1.82, 2.24) is 0 Å². The molecule has 0 saturated heterocycles. The van der Waals surface area contributed by atoms with Crippen molar-refractivity contribution < 1.29 is 14.3 Å². The number of aliphatic imine (C=N–C) groups is 1. The Hall–Kier alpha value is -2.62. The third kappa shape index (κ3) is 4.19. The van der Waals surface area contributed by atoms with Gasteiger partial charge in [-0.25, -0.2) is 4.79 Å². The van der Waals surface area contributed by atoms with E-state index in [2.05, 4.69) is 4.99 Å². The molecule has 1 unspecified atom stereocenters. The fraction of sp³-hybridized carbons (Fsp3) is 0.222. The fourth-order valence-corrected chi connectivity index (χ4v) is 1.99. The first-order valence-electron chi connectivity index (χ1n) is 7.13. The minimum atomic E-state index is -0.650. The van der Waals surface area contributed by atoms with Gasteiger partial charge in [-0.3, -0.25) is 4.99 Å². The normalized spacial score (nSPS) is 12.1. The third-order valence-electron chi connectivity index (χ3n) is 3.11. The second-order valence-electron chi connectivity index (χ2n) is 4.62. The fourth-order valence-electron chi connectivity index (χ4n) is 1.99. The van der Waals surface area contributed by atoms with E-state index >= 15 is 0 Å². The summed E-state index contributed by atoms with van der Waals surface area (Å²) in [6.07, 6.45) is 1.67. The Morgan fingerprint density at radius 3 is 2.41 bits per heavy atom. The van der Waals surface area contributed by atoms with Gasteiger partial charge >= 0.3 is 5.97 Å². The monoisotopic (exact) mass is 297 g/mol. The van der Waals surface area contributed by atoms with Gasteiger partial charge < -0.3 is 9.47 Å². The summed E-state index contributed by atoms with van der Waals surface area (Å²) in [5.74, 6) is 0.431. The van der Waals surface area contributed by atoms with E-state index in [1.807, 2.05) is 54.6 Å². The molecule has 0 saturated carbocycles. The van der Waals surface area contributed by atoms with E-state index in [9.17, 15) is 4.79 Å². The molecule has 0 aliphatic rings. The standard InChI is InChI=1S/C18H19NO3/c1-3-22-18(20)17(15-7-5-4-6-8-15)19-13-14-9-11-16(21-2)12-10-14/h4-13,17H,3H2,1-2H3. The summed E-state index contributed by atoms with van der Waals surface area (Å²) < 4.78 is 10.2. The van der Waals surface area contributed by atoms with Crippen molar-refractivity contribution in [2.75, 3.05) is 13.7 Å². The van der Waals surface area contributed by atoms with Crippen LogP contribution in [0, 0.1) is 0 Å². The Labute approximate surface area is 130 Å². The zero-order chi connectivity index (χ0) is 15.8. The summed E-state index contributed by atoms with van der Waals surface area (Å²) in [4.78, 5) is 16.5. The molecule has 0 spiro atoms. The summed E-state index contributed by atoms with van der Waals surface area (Å²) in [7, 11) is 1.62. The van der Waals surface area contributed by atoms with Crippen molar-refractivity contribution in [2.24, 2.45) is 4.99 Å². The van der Waals surface area contributed by atoms with Gasteiger partial charge in [-0.05, 0) is 42.3 Å². The second-order valence-corrected chi connectivity index (χ2v) is 4.62. The molecule has 114 valence electrons. The van der Waals surface area contributed by atoms with Gasteiger partial charge in [-0.2, -0.15) is 0 Å². The van der Waals surface area contributed by atoms with Crippen LogP contribution in [0.4, 0.5) is 0 Å². The maximum absolute atomic E-state index is 12.1. The number of hydrogen-bond acceptors (Lipinski definition) is 4. The van der Waals surface area contributed by atoms with Crippen LogP contribution < -0.4 is 4.74 Å². The number of rotatable bonds is 6. The summed E-state index contributed by atoms with van der Waals surface area (Å²) in [5, 5.41) is 0. The molecule has 4 nitrogen and oxygen atoms in total. The third-order valence-corrected chi connectivity index (χ3v) is 3.11. The molecular weight excluding hydrogens is 278 g/mol. The predicted molar refractivity (Wildman–Crippen MR) is 86.4 cm³/mol. The lowest BCUT2D eigenvalue weighted by atomic mass is 10.1. The van der Waals surface area contributed by atoms with Crippen LogP contribution in [-0.2, 0) is 9.53 Å². The minimum absolute atomic E-state index is 0.334. The minimum Gasteiger partial charge on any atom is -0.497 e. The van der Waals surface area contributed by atoms with Crippen molar-refractivity contribution in [3.05, 3.63) is 65.7 Å². The van der Waals surface area contributed by atoms with Gasteiger partial charge in [0.25, 0.3) is 0 Å². The number of benzene rings is 2. The van der Waals surface area contributed by atoms with E-state index in [0.717, 1.165) is 16.9 Å². The Kier molecular flexibility index (Phi) is 5.72. The summed E-state index contributed by atoms with van der Waals surface area (Å²) in [6.45, 7) is 2.12. The highest BCUT2D eigenvalue weighted by atomic mass is 16.5. The van der Waals surface area contributed by atoms with Crippen LogP contribution in [0.15, 0.2) is 59.6 Å². The van der Waals surface area contributed by atoms with Crippen LogP contribution in [-0.4, -0.2) is 25.9 Å². The van der Waals surface area contributed by atoms with Crippen molar-refractivity contribution in [3.63, 3.8) is 0 Å². The summed E-state index contributed by atoms with van der Waals surface area (Å²) in [6, 6.07) is 16.2. The molecule has 2 aromatic rings. The largest absolute Gasteiger partial charge is 0.497 e. The van der Waals surface area contributed by atoms with Gasteiger partial charge in [0.2, 0.25) is 0 Å². The van der Waals surface area contributed by atoms with E-state index in [-0.39, 0.29) is 5.97 Å². The highest BCUT2D eigenvalue weighted by Gasteiger charge is 2.19. The van der Waals surface area contributed by atoms with E-state index in [0.29, 0.717) is 6.61 Å². The van der Waals surface area contributed by atoms with Crippen LogP contribution in [0.25, 0.3) is 0 Å². The first kappa shape index (κ1) is 15.8. The molecule has 4 heteroatoms. The van der Waals surface area contributed by atoms with Gasteiger partial charge in [0.1, 0.15) is 5.75 Å². The SMILES string of the molecule is CCOC(=O)C(N=Cc1ccc(OC)cc1)c1ccccc1. The van der Waals surface area contributed by atoms with Gasteiger partial charge in [0.05, 0.1) is 13.7 Å². The first-order chi connectivity index (χ1) is 10.7. The summed E-state index contributed by atoms with van der Waals surface area (Å²) in [5.41, 5.74) is 1.71. The Morgan fingerprint density at radius 1 is 1.14 bits per heavy atom. The quantitative estimate of drug-likeness (QED) is 0.606. The highest BCUT2D eigenvalue weighted by molar-refractivity contribution is 5.85. The highest BCUT2D eigenvalue weighted by Crippen LogP contribution is 2.19. The number of ether oxygens (including phenoxy) is 2. The molecule has 0 amide bonds. The molecule has 0 aliphatic carbocycles. The molecule has 0 radical (unpaired) electrons. The average molecular weight is 297 g/mol. The molecule has 22 heavy (non-hydrogen) atoms. The number of carbonyl (C=O) groups excluding carboxylic acids is 1. The number of methoxy groups -OCH3 is 1. The molecule has 2 aromatic carbocycles.